The minimum atomic E-state index is -0.644. The Bertz CT molecular complexity index is 1170. The monoisotopic (exact) mass is 439 g/mol. The first-order valence-electron chi connectivity index (χ1n) is 9.36. The second kappa shape index (κ2) is 9.32. The molecule has 0 aliphatic rings. The van der Waals surface area contributed by atoms with Crippen LogP contribution in [0.4, 0.5) is 11.5 Å². The lowest BCUT2D eigenvalue weighted by atomic mass is 10.0. The Hall–Kier alpha value is -3.84. The highest BCUT2D eigenvalue weighted by molar-refractivity contribution is 7.21. The summed E-state index contributed by atoms with van der Waals surface area (Å²) in [6.07, 6.45) is -0.0551. The van der Waals surface area contributed by atoms with Crippen molar-refractivity contribution < 1.29 is 19.1 Å². The van der Waals surface area contributed by atoms with E-state index in [-0.39, 0.29) is 35.0 Å². The van der Waals surface area contributed by atoms with E-state index in [0.717, 1.165) is 11.3 Å². The summed E-state index contributed by atoms with van der Waals surface area (Å²) < 4.78 is 10.2. The summed E-state index contributed by atoms with van der Waals surface area (Å²) in [6.45, 7) is 1.95. The number of carbonyl (C=O) groups is 2. The molecule has 3 rings (SSSR count). The molecule has 160 valence electrons. The van der Waals surface area contributed by atoms with E-state index in [1.807, 2.05) is 6.07 Å². The minimum absolute atomic E-state index is 0.0551. The summed E-state index contributed by atoms with van der Waals surface area (Å²) in [4.78, 5) is 30.0. The predicted octanol–water partition coefficient (Wildman–Crippen LogP) is 2.77. The fourth-order valence-corrected chi connectivity index (χ4v) is 4.00. The van der Waals surface area contributed by atoms with E-state index in [2.05, 4.69) is 10.3 Å². The first kappa shape index (κ1) is 21.9. The van der Waals surface area contributed by atoms with Crippen LogP contribution in [0.25, 0.3) is 10.2 Å². The lowest BCUT2D eigenvalue weighted by molar-refractivity contribution is -0.143. The number of hydrogen-bond donors (Lipinski definition) is 3. The number of benzene rings is 1. The Morgan fingerprint density at radius 1 is 1.29 bits per heavy atom. The van der Waals surface area contributed by atoms with Gasteiger partial charge in [-0.2, -0.15) is 5.26 Å². The van der Waals surface area contributed by atoms with Crippen LogP contribution in [0.3, 0.4) is 0 Å². The van der Waals surface area contributed by atoms with Gasteiger partial charge in [0, 0.05) is 5.39 Å². The molecular formula is C21H21N5O4S. The Balaban J connectivity index is 1.92. The second-order valence-corrected chi connectivity index (χ2v) is 7.54. The maximum absolute atomic E-state index is 13.0. The fraction of sp³-hybridized carbons (Fsp3) is 0.238. The van der Waals surface area contributed by atoms with E-state index in [9.17, 15) is 9.59 Å². The molecule has 3 aromatic rings. The molecule has 5 N–H and O–H groups in total. The van der Waals surface area contributed by atoms with Crippen LogP contribution in [0, 0.1) is 11.3 Å². The molecule has 0 saturated carbocycles. The fourth-order valence-electron chi connectivity index (χ4n) is 3.01. The summed E-state index contributed by atoms with van der Waals surface area (Å²) in [7, 11) is 1.55. The van der Waals surface area contributed by atoms with Crippen molar-refractivity contribution in [1.29, 1.82) is 5.26 Å². The Labute approximate surface area is 182 Å². The summed E-state index contributed by atoms with van der Waals surface area (Å²) in [5.74, 6) is -0.193. The highest BCUT2D eigenvalue weighted by Gasteiger charge is 2.24. The number of fused-ring (bicyclic) bond motifs is 1. The highest BCUT2D eigenvalue weighted by Crippen LogP contribution is 2.34. The van der Waals surface area contributed by atoms with Crippen molar-refractivity contribution in [3.63, 3.8) is 0 Å². The SMILES string of the molecule is CCOC(=O)C[C@H](NC(=O)c1sc2nc(N)c(C#N)cc2c1N)c1ccc(OC)cc1. The third-order valence-electron chi connectivity index (χ3n) is 4.58. The lowest BCUT2D eigenvalue weighted by Crippen LogP contribution is -2.30. The maximum Gasteiger partial charge on any atom is 0.308 e. The third-order valence-corrected chi connectivity index (χ3v) is 5.69. The average Bonchev–Trinajstić information content (AvgIpc) is 3.08. The van der Waals surface area contributed by atoms with Crippen molar-refractivity contribution in [1.82, 2.24) is 10.3 Å². The molecular weight excluding hydrogens is 418 g/mol. The van der Waals surface area contributed by atoms with E-state index in [0.29, 0.717) is 21.5 Å². The van der Waals surface area contributed by atoms with Crippen molar-refractivity contribution in [2.75, 3.05) is 25.2 Å². The first-order chi connectivity index (χ1) is 14.9. The van der Waals surface area contributed by atoms with Gasteiger partial charge < -0.3 is 26.3 Å². The second-order valence-electron chi connectivity index (χ2n) is 6.54. The molecule has 2 aromatic heterocycles. The van der Waals surface area contributed by atoms with Crippen LogP contribution in [0.1, 0.15) is 40.2 Å². The Kier molecular flexibility index (Phi) is 6.57. The number of aromatic nitrogens is 1. The Morgan fingerprint density at radius 3 is 2.61 bits per heavy atom. The summed E-state index contributed by atoms with van der Waals surface area (Å²) >= 11 is 1.06. The van der Waals surface area contributed by atoms with Crippen LogP contribution in [0.2, 0.25) is 0 Å². The van der Waals surface area contributed by atoms with Crippen LogP contribution >= 0.6 is 11.3 Å². The quantitative estimate of drug-likeness (QED) is 0.475. The normalized spacial score (nSPS) is 11.5. The van der Waals surface area contributed by atoms with E-state index >= 15 is 0 Å². The first-order valence-corrected chi connectivity index (χ1v) is 10.2. The van der Waals surface area contributed by atoms with Gasteiger partial charge in [0.05, 0.1) is 37.4 Å². The average molecular weight is 439 g/mol. The standard InChI is InChI=1S/C21H21N5O4S/c1-3-30-16(27)9-15(11-4-6-13(29-2)7-5-11)25-20(28)18-17(23)14-8-12(10-22)19(24)26-21(14)31-18/h4-8,15H,3,9,23H2,1-2H3,(H2,24,26)(H,25,28)/t15-/m0/s1. The number of anilines is 2. The van der Waals surface area contributed by atoms with Crippen LogP contribution in [-0.2, 0) is 9.53 Å². The van der Waals surface area contributed by atoms with E-state index in [1.165, 1.54) is 6.07 Å². The van der Waals surface area contributed by atoms with E-state index in [4.69, 9.17) is 26.2 Å². The smallest absolute Gasteiger partial charge is 0.308 e. The molecule has 10 heteroatoms. The number of methoxy groups -OCH3 is 1. The zero-order valence-electron chi connectivity index (χ0n) is 17.0. The number of rotatable bonds is 7. The summed E-state index contributed by atoms with van der Waals surface area (Å²) in [6, 6.07) is 9.82. The molecule has 0 bridgehead atoms. The topological polar surface area (TPSA) is 153 Å². The number of nitriles is 1. The molecule has 1 amide bonds. The van der Waals surface area contributed by atoms with Gasteiger partial charge in [0.1, 0.15) is 27.3 Å². The van der Waals surface area contributed by atoms with Gasteiger partial charge in [-0.15, -0.1) is 11.3 Å². The molecule has 2 heterocycles. The van der Waals surface area contributed by atoms with Crippen molar-refractivity contribution in [2.24, 2.45) is 0 Å². The molecule has 0 aliphatic carbocycles. The van der Waals surface area contributed by atoms with Gasteiger partial charge in [-0.05, 0) is 30.7 Å². The van der Waals surface area contributed by atoms with E-state index in [1.54, 1.807) is 38.3 Å². The molecule has 0 radical (unpaired) electrons. The number of thiophene rings is 1. The number of hydrogen-bond acceptors (Lipinski definition) is 9. The molecule has 0 aliphatic heterocycles. The number of nitrogens with one attached hydrogen (secondary N) is 1. The number of pyridine rings is 1. The zero-order chi connectivity index (χ0) is 22.5. The van der Waals surface area contributed by atoms with Crippen molar-refractivity contribution in [3.05, 3.63) is 46.3 Å². The molecule has 0 saturated heterocycles. The van der Waals surface area contributed by atoms with Gasteiger partial charge in [-0.25, -0.2) is 4.98 Å². The maximum atomic E-state index is 13.0. The minimum Gasteiger partial charge on any atom is -0.497 e. The zero-order valence-corrected chi connectivity index (χ0v) is 17.8. The summed E-state index contributed by atoms with van der Waals surface area (Å²) in [5.41, 5.74) is 13.0. The van der Waals surface area contributed by atoms with Gasteiger partial charge in [0.15, 0.2) is 0 Å². The number of carbonyl (C=O) groups excluding carboxylic acids is 2. The molecule has 1 atom stereocenters. The number of ether oxygens (including phenoxy) is 2. The van der Waals surface area contributed by atoms with Gasteiger partial charge in [-0.1, -0.05) is 12.1 Å². The molecule has 0 unspecified atom stereocenters. The van der Waals surface area contributed by atoms with Crippen LogP contribution in [0.5, 0.6) is 5.75 Å². The molecule has 0 fully saturated rings. The van der Waals surface area contributed by atoms with Crippen LogP contribution in [0.15, 0.2) is 30.3 Å². The third kappa shape index (κ3) is 4.67. The summed E-state index contributed by atoms with van der Waals surface area (Å²) in [5, 5.41) is 12.5. The van der Waals surface area contributed by atoms with Crippen LogP contribution < -0.4 is 21.5 Å². The highest BCUT2D eigenvalue weighted by atomic mass is 32.1. The Morgan fingerprint density at radius 2 is 2.00 bits per heavy atom. The number of nitrogen functional groups attached to an aromatic ring is 2. The number of amides is 1. The number of esters is 1. The van der Waals surface area contributed by atoms with Gasteiger partial charge >= 0.3 is 5.97 Å². The predicted molar refractivity (Wildman–Crippen MR) is 118 cm³/mol. The van der Waals surface area contributed by atoms with Gasteiger partial charge in [-0.3, -0.25) is 9.59 Å². The van der Waals surface area contributed by atoms with Crippen molar-refractivity contribution in [2.45, 2.75) is 19.4 Å². The number of nitrogens with two attached hydrogens (primary N) is 2. The number of nitrogens with zero attached hydrogens (tertiary/aromatic N) is 2. The molecule has 9 nitrogen and oxygen atoms in total. The largest absolute Gasteiger partial charge is 0.497 e. The molecule has 0 spiro atoms. The lowest BCUT2D eigenvalue weighted by Gasteiger charge is -2.18. The van der Waals surface area contributed by atoms with Crippen molar-refractivity contribution >= 4 is 44.9 Å². The molecule has 1 aromatic carbocycles. The van der Waals surface area contributed by atoms with Gasteiger partial charge in [0.25, 0.3) is 5.91 Å². The van der Waals surface area contributed by atoms with E-state index < -0.39 is 17.9 Å². The molecule has 31 heavy (non-hydrogen) atoms. The van der Waals surface area contributed by atoms with Crippen LogP contribution in [-0.4, -0.2) is 30.6 Å². The van der Waals surface area contributed by atoms with Gasteiger partial charge in [0.2, 0.25) is 0 Å². The van der Waals surface area contributed by atoms with Crippen molar-refractivity contribution in [3.8, 4) is 11.8 Å².